The standard InChI is InChI=1S/C15H24BrN3O/c1-3-8-19-10-12(16)9-13(19)14(20)18-11-15(2)4-6-17-7-5-15/h9-10,17H,3-8,11H2,1-2H3,(H,18,20). The van der Waals surface area contributed by atoms with Gasteiger partial charge < -0.3 is 15.2 Å². The summed E-state index contributed by atoms with van der Waals surface area (Å²) in [7, 11) is 0. The second-order valence-electron chi connectivity index (χ2n) is 5.98. The summed E-state index contributed by atoms with van der Waals surface area (Å²) in [4.78, 5) is 12.4. The van der Waals surface area contributed by atoms with Gasteiger partial charge in [0.05, 0.1) is 0 Å². The van der Waals surface area contributed by atoms with Crippen molar-refractivity contribution in [1.82, 2.24) is 15.2 Å². The van der Waals surface area contributed by atoms with Gasteiger partial charge in [-0.3, -0.25) is 4.79 Å². The number of aryl methyl sites for hydroxylation is 1. The van der Waals surface area contributed by atoms with E-state index in [0.29, 0.717) is 0 Å². The lowest BCUT2D eigenvalue weighted by Gasteiger charge is -2.34. The molecule has 0 radical (unpaired) electrons. The van der Waals surface area contributed by atoms with Crippen LogP contribution < -0.4 is 10.6 Å². The molecule has 0 unspecified atom stereocenters. The number of nitrogens with one attached hydrogen (secondary N) is 2. The van der Waals surface area contributed by atoms with Gasteiger partial charge in [0.25, 0.3) is 5.91 Å². The average molecular weight is 342 g/mol. The molecule has 1 amide bonds. The molecular formula is C15H24BrN3O. The maximum Gasteiger partial charge on any atom is 0.267 e. The molecular weight excluding hydrogens is 318 g/mol. The van der Waals surface area contributed by atoms with Gasteiger partial charge in [-0.1, -0.05) is 13.8 Å². The van der Waals surface area contributed by atoms with Crippen LogP contribution in [0.2, 0.25) is 0 Å². The van der Waals surface area contributed by atoms with E-state index in [1.165, 1.54) is 0 Å². The van der Waals surface area contributed by atoms with Gasteiger partial charge in [0, 0.05) is 23.8 Å². The predicted molar refractivity (Wildman–Crippen MR) is 85.0 cm³/mol. The number of aromatic nitrogens is 1. The van der Waals surface area contributed by atoms with E-state index in [0.717, 1.165) is 55.6 Å². The molecule has 0 saturated carbocycles. The number of hydrogen-bond acceptors (Lipinski definition) is 2. The Kier molecular flexibility index (Phi) is 5.27. The number of nitrogens with zero attached hydrogens (tertiary/aromatic N) is 1. The summed E-state index contributed by atoms with van der Waals surface area (Å²) in [6, 6.07) is 1.90. The number of carbonyl (C=O) groups is 1. The van der Waals surface area contributed by atoms with Gasteiger partial charge in [-0.05, 0) is 59.8 Å². The van der Waals surface area contributed by atoms with Crippen molar-refractivity contribution in [3.8, 4) is 0 Å². The zero-order valence-corrected chi connectivity index (χ0v) is 13.9. The fourth-order valence-electron chi connectivity index (χ4n) is 2.68. The molecule has 4 nitrogen and oxygen atoms in total. The van der Waals surface area contributed by atoms with E-state index >= 15 is 0 Å². The van der Waals surface area contributed by atoms with E-state index in [1.807, 2.05) is 16.8 Å². The summed E-state index contributed by atoms with van der Waals surface area (Å²) in [6.07, 6.45) is 5.23. The molecule has 0 spiro atoms. The second-order valence-corrected chi connectivity index (χ2v) is 6.90. The van der Waals surface area contributed by atoms with Crippen molar-refractivity contribution < 1.29 is 4.79 Å². The number of amides is 1. The molecule has 5 heteroatoms. The van der Waals surface area contributed by atoms with Crippen LogP contribution in [0.3, 0.4) is 0 Å². The highest BCUT2D eigenvalue weighted by Crippen LogP contribution is 2.27. The third kappa shape index (κ3) is 3.85. The quantitative estimate of drug-likeness (QED) is 0.864. The van der Waals surface area contributed by atoms with Crippen molar-refractivity contribution in [2.45, 2.75) is 39.7 Å². The molecule has 0 atom stereocenters. The molecule has 1 aromatic rings. The third-order valence-electron chi connectivity index (χ3n) is 4.05. The fraction of sp³-hybridized carbons (Fsp3) is 0.667. The first-order chi connectivity index (χ1) is 9.54. The topological polar surface area (TPSA) is 46.1 Å². The molecule has 0 aliphatic carbocycles. The highest BCUT2D eigenvalue weighted by atomic mass is 79.9. The normalized spacial score (nSPS) is 17.9. The molecule has 1 aliphatic rings. The smallest absolute Gasteiger partial charge is 0.267 e. The van der Waals surface area contributed by atoms with Crippen LogP contribution in [0.1, 0.15) is 43.6 Å². The Labute approximate surface area is 129 Å². The van der Waals surface area contributed by atoms with Gasteiger partial charge in [-0.2, -0.15) is 0 Å². The van der Waals surface area contributed by atoms with Gasteiger partial charge >= 0.3 is 0 Å². The number of carbonyl (C=O) groups excluding carboxylic acids is 1. The average Bonchev–Trinajstić information content (AvgIpc) is 2.79. The van der Waals surface area contributed by atoms with Crippen molar-refractivity contribution >= 4 is 21.8 Å². The summed E-state index contributed by atoms with van der Waals surface area (Å²) in [5.74, 6) is 0.0314. The summed E-state index contributed by atoms with van der Waals surface area (Å²) < 4.78 is 2.98. The summed E-state index contributed by atoms with van der Waals surface area (Å²) >= 11 is 3.45. The first-order valence-corrected chi connectivity index (χ1v) is 8.18. The fourth-order valence-corrected chi connectivity index (χ4v) is 3.15. The van der Waals surface area contributed by atoms with Crippen LogP contribution in [0.15, 0.2) is 16.7 Å². The van der Waals surface area contributed by atoms with E-state index in [4.69, 9.17) is 0 Å². The Morgan fingerprint density at radius 1 is 1.50 bits per heavy atom. The monoisotopic (exact) mass is 341 g/mol. The van der Waals surface area contributed by atoms with Crippen molar-refractivity contribution in [2.75, 3.05) is 19.6 Å². The van der Waals surface area contributed by atoms with Crippen LogP contribution in [0, 0.1) is 5.41 Å². The Balaban J connectivity index is 1.97. The molecule has 1 aromatic heterocycles. The molecule has 1 aliphatic heterocycles. The van der Waals surface area contributed by atoms with Gasteiger partial charge in [-0.25, -0.2) is 0 Å². The van der Waals surface area contributed by atoms with Crippen molar-refractivity contribution in [1.29, 1.82) is 0 Å². The minimum Gasteiger partial charge on any atom is -0.350 e. The lowest BCUT2D eigenvalue weighted by atomic mass is 9.81. The zero-order valence-electron chi connectivity index (χ0n) is 12.3. The van der Waals surface area contributed by atoms with E-state index in [2.05, 4.69) is 40.4 Å². The first-order valence-electron chi connectivity index (χ1n) is 7.39. The lowest BCUT2D eigenvalue weighted by molar-refractivity contribution is 0.0913. The van der Waals surface area contributed by atoms with Crippen LogP contribution in [0.5, 0.6) is 0 Å². The largest absolute Gasteiger partial charge is 0.350 e. The highest BCUT2D eigenvalue weighted by molar-refractivity contribution is 9.10. The van der Waals surface area contributed by atoms with E-state index in [1.54, 1.807) is 0 Å². The Morgan fingerprint density at radius 2 is 2.20 bits per heavy atom. The van der Waals surface area contributed by atoms with Crippen LogP contribution in [-0.2, 0) is 6.54 Å². The van der Waals surface area contributed by atoms with Crippen LogP contribution >= 0.6 is 15.9 Å². The molecule has 2 N–H and O–H groups in total. The minimum atomic E-state index is 0.0314. The van der Waals surface area contributed by atoms with Crippen molar-refractivity contribution in [3.05, 3.63) is 22.4 Å². The number of piperidine rings is 1. The SMILES string of the molecule is CCCn1cc(Br)cc1C(=O)NCC1(C)CCNCC1. The number of halogens is 1. The Bertz CT molecular complexity index is 464. The lowest BCUT2D eigenvalue weighted by Crippen LogP contribution is -2.43. The van der Waals surface area contributed by atoms with Crippen molar-refractivity contribution in [3.63, 3.8) is 0 Å². The molecule has 1 saturated heterocycles. The summed E-state index contributed by atoms with van der Waals surface area (Å²) in [5, 5.41) is 6.48. The van der Waals surface area contributed by atoms with Gasteiger partial charge in [0.2, 0.25) is 0 Å². The summed E-state index contributed by atoms with van der Waals surface area (Å²) in [6.45, 7) is 8.09. The molecule has 2 rings (SSSR count). The van der Waals surface area contributed by atoms with E-state index in [-0.39, 0.29) is 11.3 Å². The maximum absolute atomic E-state index is 12.4. The minimum absolute atomic E-state index is 0.0314. The molecule has 0 aromatic carbocycles. The van der Waals surface area contributed by atoms with Gasteiger partial charge in [-0.15, -0.1) is 0 Å². The van der Waals surface area contributed by atoms with E-state index in [9.17, 15) is 4.79 Å². The first kappa shape index (κ1) is 15.6. The highest BCUT2D eigenvalue weighted by Gasteiger charge is 2.27. The maximum atomic E-state index is 12.4. The number of hydrogen-bond donors (Lipinski definition) is 2. The predicted octanol–water partition coefficient (Wildman–Crippen LogP) is 2.78. The molecule has 1 fully saturated rings. The summed E-state index contributed by atoms with van der Waals surface area (Å²) in [5.41, 5.74) is 0.969. The second kappa shape index (κ2) is 6.76. The Hall–Kier alpha value is -0.810. The zero-order chi connectivity index (χ0) is 14.6. The molecule has 0 bridgehead atoms. The van der Waals surface area contributed by atoms with E-state index < -0.39 is 0 Å². The molecule has 20 heavy (non-hydrogen) atoms. The van der Waals surface area contributed by atoms with Crippen LogP contribution in [0.4, 0.5) is 0 Å². The van der Waals surface area contributed by atoms with Gasteiger partial charge in [0.15, 0.2) is 0 Å². The Morgan fingerprint density at radius 3 is 2.85 bits per heavy atom. The van der Waals surface area contributed by atoms with Gasteiger partial charge in [0.1, 0.15) is 5.69 Å². The van der Waals surface area contributed by atoms with Crippen LogP contribution in [0.25, 0.3) is 0 Å². The van der Waals surface area contributed by atoms with Crippen molar-refractivity contribution in [2.24, 2.45) is 5.41 Å². The molecule has 112 valence electrons. The molecule has 2 heterocycles. The van der Waals surface area contributed by atoms with Crippen LogP contribution in [-0.4, -0.2) is 30.1 Å². The number of rotatable bonds is 5. The third-order valence-corrected chi connectivity index (χ3v) is 4.48.